The van der Waals surface area contributed by atoms with Gasteiger partial charge in [-0.1, -0.05) is 30.3 Å². The number of carbonyl (C=O) groups is 4. The second-order valence-electron chi connectivity index (χ2n) is 6.24. The maximum absolute atomic E-state index is 12.6. The fourth-order valence-electron chi connectivity index (χ4n) is 4.05. The van der Waals surface area contributed by atoms with Crippen LogP contribution in [0.15, 0.2) is 30.3 Å². The van der Waals surface area contributed by atoms with E-state index < -0.39 is 41.4 Å². The van der Waals surface area contributed by atoms with E-state index >= 15 is 0 Å². The Bertz CT molecular complexity index is 731. The molecule has 23 heavy (non-hydrogen) atoms. The predicted molar refractivity (Wildman–Crippen MR) is 74.2 cm³/mol. The number of fused-ring (bicyclic) bond motifs is 3. The van der Waals surface area contributed by atoms with Gasteiger partial charge in [-0.05, 0) is 12.0 Å². The van der Waals surface area contributed by atoms with E-state index in [2.05, 4.69) is 0 Å². The number of nitrogens with zero attached hydrogens (tertiary/aromatic N) is 2. The summed E-state index contributed by atoms with van der Waals surface area (Å²) >= 11 is 0. The van der Waals surface area contributed by atoms with Crippen LogP contribution in [0.3, 0.4) is 0 Å². The minimum atomic E-state index is -0.908. The number of hydrogen-bond acceptors (Lipinski definition) is 5. The highest BCUT2D eigenvalue weighted by molar-refractivity contribution is 6.12. The molecule has 1 aromatic carbocycles. The third-order valence-electron chi connectivity index (χ3n) is 5.10. The predicted octanol–water partition coefficient (Wildman–Crippen LogP) is 0.182. The molecular weight excluding hydrogens is 300 g/mol. The Morgan fingerprint density at radius 2 is 1.48 bits per heavy atom. The maximum atomic E-state index is 12.6. The molecule has 7 heteroatoms. The van der Waals surface area contributed by atoms with E-state index in [-0.39, 0.29) is 23.9 Å². The summed E-state index contributed by atoms with van der Waals surface area (Å²) in [6, 6.07) is 9.11. The van der Waals surface area contributed by atoms with Crippen LogP contribution in [0.5, 0.6) is 0 Å². The van der Waals surface area contributed by atoms with Crippen molar-refractivity contribution in [3.8, 4) is 0 Å². The Morgan fingerprint density at radius 3 is 2.17 bits per heavy atom. The molecule has 1 saturated carbocycles. The van der Waals surface area contributed by atoms with Crippen molar-refractivity contribution in [3.05, 3.63) is 35.9 Å². The zero-order valence-electron chi connectivity index (χ0n) is 12.1. The number of amides is 4. The summed E-state index contributed by atoms with van der Waals surface area (Å²) in [7, 11) is 0. The summed E-state index contributed by atoms with van der Waals surface area (Å²) in [6.07, 6.45) is 0.146. The van der Waals surface area contributed by atoms with Crippen molar-refractivity contribution in [3.63, 3.8) is 0 Å². The number of rotatable bonds is 2. The van der Waals surface area contributed by atoms with Gasteiger partial charge in [0, 0.05) is 0 Å². The van der Waals surface area contributed by atoms with E-state index in [9.17, 15) is 24.4 Å². The molecule has 1 N–H and O–H groups in total. The molecule has 0 radical (unpaired) electrons. The van der Waals surface area contributed by atoms with E-state index in [1.165, 1.54) is 4.90 Å². The molecule has 118 valence electrons. The molecule has 3 aliphatic rings. The molecule has 0 bridgehead atoms. The molecule has 4 atom stereocenters. The van der Waals surface area contributed by atoms with Gasteiger partial charge in [-0.3, -0.25) is 29.3 Å². The fraction of sp³-hybridized carbons (Fsp3) is 0.375. The molecular formula is C16H14N2O5. The normalized spacial score (nSPS) is 32.7. The van der Waals surface area contributed by atoms with Gasteiger partial charge in [0.2, 0.25) is 11.8 Å². The molecule has 3 fully saturated rings. The van der Waals surface area contributed by atoms with Crippen LogP contribution in [0.2, 0.25) is 0 Å². The first-order chi connectivity index (χ1) is 11.0. The van der Waals surface area contributed by atoms with Gasteiger partial charge in [0.05, 0.1) is 30.2 Å². The molecule has 4 rings (SSSR count). The first-order valence-corrected chi connectivity index (χ1v) is 7.46. The number of carbonyl (C=O) groups excluding carboxylic acids is 4. The van der Waals surface area contributed by atoms with Crippen molar-refractivity contribution in [1.29, 1.82) is 0 Å². The zero-order valence-corrected chi connectivity index (χ0v) is 12.1. The van der Waals surface area contributed by atoms with Gasteiger partial charge in [-0.2, -0.15) is 5.06 Å². The summed E-state index contributed by atoms with van der Waals surface area (Å²) in [5.74, 6) is -5.35. The number of likely N-dealkylation sites (tertiary alicyclic amines) is 1. The van der Waals surface area contributed by atoms with Crippen LogP contribution in [0.1, 0.15) is 12.0 Å². The lowest BCUT2D eigenvalue weighted by Crippen LogP contribution is -2.35. The average Bonchev–Trinajstić information content (AvgIpc) is 3.12. The smallest absolute Gasteiger partial charge is 0.258 e. The quantitative estimate of drug-likeness (QED) is 0.621. The highest BCUT2D eigenvalue weighted by Crippen LogP contribution is 2.51. The summed E-state index contributed by atoms with van der Waals surface area (Å²) < 4.78 is 0. The SMILES string of the molecule is O=C1C2CC3C(=O)N(Cc4ccccc4)C(=O)C3C2C(=O)N1O. The largest absolute Gasteiger partial charge is 0.278 e. The van der Waals surface area contributed by atoms with E-state index in [1.54, 1.807) is 0 Å². The maximum Gasteiger partial charge on any atom is 0.258 e. The van der Waals surface area contributed by atoms with Gasteiger partial charge in [0.1, 0.15) is 0 Å². The van der Waals surface area contributed by atoms with Crippen molar-refractivity contribution in [2.45, 2.75) is 13.0 Å². The first-order valence-electron chi connectivity index (χ1n) is 7.46. The highest BCUT2D eigenvalue weighted by atomic mass is 16.5. The van der Waals surface area contributed by atoms with Crippen LogP contribution in [-0.2, 0) is 25.7 Å². The highest BCUT2D eigenvalue weighted by Gasteiger charge is 2.66. The van der Waals surface area contributed by atoms with Crippen molar-refractivity contribution < 1.29 is 24.4 Å². The van der Waals surface area contributed by atoms with E-state index in [0.29, 0.717) is 0 Å². The summed E-state index contributed by atoms with van der Waals surface area (Å²) in [5.41, 5.74) is 0.823. The molecule has 4 unspecified atom stereocenters. The minimum Gasteiger partial charge on any atom is -0.278 e. The molecule has 1 aromatic rings. The third-order valence-corrected chi connectivity index (χ3v) is 5.10. The topological polar surface area (TPSA) is 95.0 Å². The number of hydrogen-bond donors (Lipinski definition) is 1. The first kappa shape index (κ1) is 14.1. The van der Waals surface area contributed by atoms with Crippen LogP contribution in [0.4, 0.5) is 0 Å². The van der Waals surface area contributed by atoms with Crippen molar-refractivity contribution in [2.75, 3.05) is 0 Å². The molecule has 2 aliphatic heterocycles. The Kier molecular flexibility index (Phi) is 2.89. The molecule has 2 heterocycles. The Hall–Kier alpha value is -2.54. The van der Waals surface area contributed by atoms with Gasteiger partial charge < -0.3 is 0 Å². The second kappa shape index (κ2) is 4.73. The van der Waals surface area contributed by atoms with Gasteiger partial charge >= 0.3 is 0 Å². The molecule has 0 aromatic heterocycles. The van der Waals surface area contributed by atoms with Gasteiger partial charge in [0.25, 0.3) is 11.8 Å². The fourth-order valence-corrected chi connectivity index (χ4v) is 4.05. The van der Waals surface area contributed by atoms with E-state index in [4.69, 9.17) is 0 Å². The lowest BCUT2D eigenvalue weighted by molar-refractivity contribution is -0.174. The lowest BCUT2D eigenvalue weighted by atomic mass is 9.89. The molecule has 0 spiro atoms. The van der Waals surface area contributed by atoms with Crippen molar-refractivity contribution in [1.82, 2.24) is 9.96 Å². The van der Waals surface area contributed by atoms with Crippen LogP contribution in [0.25, 0.3) is 0 Å². The van der Waals surface area contributed by atoms with Gasteiger partial charge in [-0.25, -0.2) is 0 Å². The molecule has 1 aliphatic carbocycles. The standard InChI is InChI=1S/C16H14N2O5/c19-13-9-6-10-12(16(22)18(23)14(10)20)11(9)15(21)17(13)7-8-4-2-1-3-5-8/h1-5,9-12,23H,6-7H2. The van der Waals surface area contributed by atoms with E-state index in [0.717, 1.165) is 5.56 Å². The van der Waals surface area contributed by atoms with Crippen molar-refractivity contribution in [2.24, 2.45) is 23.7 Å². The molecule has 7 nitrogen and oxygen atoms in total. The number of hydroxylamine groups is 2. The Labute approximate surface area is 131 Å². The van der Waals surface area contributed by atoms with Crippen LogP contribution in [-0.4, -0.2) is 38.8 Å². The monoisotopic (exact) mass is 314 g/mol. The summed E-state index contributed by atoms with van der Waals surface area (Å²) in [4.78, 5) is 50.2. The van der Waals surface area contributed by atoms with Crippen LogP contribution in [0, 0.1) is 23.7 Å². The average molecular weight is 314 g/mol. The zero-order chi connectivity index (χ0) is 16.3. The number of imide groups is 2. The minimum absolute atomic E-state index is 0.100. The lowest BCUT2D eigenvalue weighted by Gasteiger charge is -2.17. The third kappa shape index (κ3) is 1.80. The van der Waals surface area contributed by atoms with E-state index in [1.807, 2.05) is 30.3 Å². The Morgan fingerprint density at radius 1 is 0.870 bits per heavy atom. The van der Waals surface area contributed by atoms with Crippen molar-refractivity contribution >= 4 is 23.6 Å². The number of benzene rings is 1. The van der Waals surface area contributed by atoms with Crippen LogP contribution < -0.4 is 0 Å². The van der Waals surface area contributed by atoms with Crippen LogP contribution >= 0.6 is 0 Å². The Balaban J connectivity index is 1.63. The van der Waals surface area contributed by atoms with Gasteiger partial charge in [0.15, 0.2) is 0 Å². The second-order valence-corrected chi connectivity index (χ2v) is 6.24. The molecule has 4 amide bonds. The van der Waals surface area contributed by atoms with Gasteiger partial charge in [-0.15, -0.1) is 0 Å². The summed E-state index contributed by atoms with van der Waals surface area (Å²) in [5, 5.41) is 9.57. The summed E-state index contributed by atoms with van der Waals surface area (Å²) in [6.45, 7) is 0.161. The molecule has 2 saturated heterocycles.